The molecule has 4 aromatic rings. The fourth-order valence-electron chi connectivity index (χ4n) is 6.97. The molecule has 1 N–H and O–H groups in total. The van der Waals surface area contributed by atoms with Crippen molar-refractivity contribution in [2.24, 2.45) is 5.92 Å². The Bertz CT molecular complexity index is 1860. The molecule has 44 heavy (non-hydrogen) atoms. The molecular weight excluding hydrogens is 584 g/mol. The molecule has 2 atom stereocenters. The number of ketones is 1. The minimum Gasteiger partial charge on any atom is -0.493 e. The van der Waals surface area contributed by atoms with Gasteiger partial charge >= 0.3 is 0 Å². The molecule has 228 valence electrons. The first-order valence-electron chi connectivity index (χ1n) is 14.1. The number of amides is 1. The summed E-state index contributed by atoms with van der Waals surface area (Å²) in [5, 5.41) is 0.757. The number of ether oxygens (including phenoxy) is 6. The number of aromatic nitrogens is 1. The topological polar surface area (TPSA) is 109 Å². The molecule has 11 heteroatoms. The molecule has 1 amide bonds. The second-order valence-electron chi connectivity index (χ2n) is 11.1. The molecule has 3 heterocycles. The van der Waals surface area contributed by atoms with E-state index in [1.807, 2.05) is 18.2 Å². The number of hydrogen-bond donors (Lipinski definition) is 1. The van der Waals surface area contributed by atoms with E-state index in [9.17, 15) is 9.59 Å². The van der Waals surface area contributed by atoms with Crippen molar-refractivity contribution in [1.82, 2.24) is 9.88 Å². The van der Waals surface area contributed by atoms with E-state index in [4.69, 9.17) is 28.4 Å². The monoisotopic (exact) mass is 616 g/mol. The average Bonchev–Trinajstić information content (AvgIpc) is 3.33. The zero-order valence-corrected chi connectivity index (χ0v) is 26.1. The highest BCUT2D eigenvalue weighted by molar-refractivity contribution is 7.14. The average molecular weight is 617 g/mol. The van der Waals surface area contributed by atoms with Crippen LogP contribution in [0.5, 0.6) is 34.5 Å². The molecule has 1 saturated carbocycles. The van der Waals surface area contributed by atoms with Gasteiger partial charge in [0.2, 0.25) is 11.5 Å². The number of fused-ring (bicyclic) bond motifs is 2. The lowest BCUT2D eigenvalue weighted by Gasteiger charge is -2.27. The van der Waals surface area contributed by atoms with E-state index in [1.165, 1.54) is 11.3 Å². The summed E-state index contributed by atoms with van der Waals surface area (Å²) >= 11 is 1.52. The summed E-state index contributed by atoms with van der Waals surface area (Å²) < 4.78 is 33.2. The number of H-pyrrole nitrogens is 1. The number of thiophene rings is 1. The number of likely N-dealkylation sites (tertiary alicyclic amines) is 1. The third-order valence-electron chi connectivity index (χ3n) is 9.01. The van der Waals surface area contributed by atoms with E-state index in [0.717, 1.165) is 38.4 Å². The van der Waals surface area contributed by atoms with Crippen molar-refractivity contribution in [2.45, 2.75) is 18.3 Å². The summed E-state index contributed by atoms with van der Waals surface area (Å²) in [5.41, 5.74) is 3.51. The number of carbonyl (C=O) groups excluding carboxylic acids is 2. The van der Waals surface area contributed by atoms with Crippen LogP contribution in [0, 0.1) is 5.92 Å². The third-order valence-corrected chi connectivity index (χ3v) is 10.2. The SMILES string of the molecule is COc1cc(Cc2cc3c(s2)C(=O)C=C2N(C(=O)c4cc5cc(OC)c(OC)c(OC)c5[nH]4)CC4CC234)cc(OC)c1OC. The van der Waals surface area contributed by atoms with Gasteiger partial charge in [-0.25, -0.2) is 0 Å². The van der Waals surface area contributed by atoms with Crippen molar-refractivity contribution in [3.05, 3.63) is 68.7 Å². The van der Waals surface area contributed by atoms with Gasteiger partial charge < -0.3 is 38.3 Å². The number of aromatic amines is 1. The van der Waals surface area contributed by atoms with Crippen molar-refractivity contribution in [2.75, 3.05) is 49.2 Å². The van der Waals surface area contributed by atoms with Gasteiger partial charge in [-0.2, -0.15) is 0 Å². The molecule has 10 nitrogen and oxygen atoms in total. The Morgan fingerprint density at radius 3 is 2.18 bits per heavy atom. The van der Waals surface area contributed by atoms with Gasteiger partial charge in [0.15, 0.2) is 28.8 Å². The van der Waals surface area contributed by atoms with Crippen molar-refractivity contribution < 1.29 is 38.0 Å². The van der Waals surface area contributed by atoms with E-state index >= 15 is 0 Å². The highest BCUT2D eigenvalue weighted by Gasteiger charge is 2.67. The number of rotatable bonds is 9. The second-order valence-corrected chi connectivity index (χ2v) is 12.3. The number of methoxy groups -OCH3 is 6. The van der Waals surface area contributed by atoms with Crippen molar-refractivity contribution in [3.8, 4) is 34.5 Å². The van der Waals surface area contributed by atoms with Crippen molar-refractivity contribution >= 4 is 33.9 Å². The fourth-order valence-corrected chi connectivity index (χ4v) is 8.16. The highest BCUT2D eigenvalue weighted by atomic mass is 32.1. The Hall–Kier alpha value is -4.64. The molecule has 1 saturated heterocycles. The molecule has 2 aromatic heterocycles. The van der Waals surface area contributed by atoms with Crippen LogP contribution >= 0.6 is 11.3 Å². The summed E-state index contributed by atoms with van der Waals surface area (Å²) in [6, 6.07) is 9.61. The zero-order valence-electron chi connectivity index (χ0n) is 25.3. The Labute approximate surface area is 258 Å². The van der Waals surface area contributed by atoms with E-state index in [2.05, 4.69) is 11.1 Å². The number of piperidine rings is 1. The van der Waals surface area contributed by atoms with Gasteiger partial charge in [-0.3, -0.25) is 9.59 Å². The Balaban J connectivity index is 1.20. The molecule has 2 aliphatic carbocycles. The van der Waals surface area contributed by atoms with Crippen LogP contribution in [0.4, 0.5) is 0 Å². The molecule has 2 unspecified atom stereocenters. The number of benzene rings is 2. The maximum atomic E-state index is 14.0. The first-order chi connectivity index (χ1) is 21.3. The van der Waals surface area contributed by atoms with E-state index in [1.54, 1.807) is 59.7 Å². The standard InChI is InChI=1S/C33H32N2O8S/c1-38-23-8-16(9-24(39-2)28(23)41-4)7-19-12-20-31(44-19)22(36)13-26-33(20)14-18(33)15-35(26)32(37)21-10-17-11-25(40-3)29(42-5)30(43-6)27(17)34-21/h8-13,18,34H,7,14-15H2,1-6H3. The van der Waals surface area contributed by atoms with E-state index in [-0.39, 0.29) is 23.0 Å². The van der Waals surface area contributed by atoms with Crippen LogP contribution in [0.2, 0.25) is 0 Å². The van der Waals surface area contributed by atoms with Crippen LogP contribution in [-0.4, -0.2) is 70.8 Å². The summed E-state index contributed by atoms with van der Waals surface area (Å²) in [5.74, 6) is 3.10. The van der Waals surface area contributed by atoms with Crippen molar-refractivity contribution in [1.29, 1.82) is 0 Å². The quantitative estimate of drug-likeness (QED) is 0.268. The van der Waals surface area contributed by atoms with Gasteiger partial charge in [-0.15, -0.1) is 11.3 Å². The maximum absolute atomic E-state index is 14.0. The smallest absolute Gasteiger partial charge is 0.274 e. The zero-order chi connectivity index (χ0) is 30.9. The second kappa shape index (κ2) is 10.2. The molecule has 2 fully saturated rings. The maximum Gasteiger partial charge on any atom is 0.274 e. The lowest BCUT2D eigenvalue weighted by atomic mass is 9.85. The highest BCUT2D eigenvalue weighted by Crippen LogP contribution is 2.67. The number of nitrogens with one attached hydrogen (secondary N) is 1. The molecule has 7 rings (SSSR count). The minimum atomic E-state index is -0.320. The first-order valence-corrected chi connectivity index (χ1v) is 15.0. The largest absolute Gasteiger partial charge is 0.493 e. The fraction of sp³-hybridized carbons (Fsp3) is 0.333. The number of allylic oxidation sites excluding steroid dienone is 2. The summed E-state index contributed by atoms with van der Waals surface area (Å²) in [4.78, 5) is 34.3. The minimum absolute atomic E-state index is 0.0695. The summed E-state index contributed by atoms with van der Waals surface area (Å²) in [6.45, 7) is 0.550. The van der Waals surface area contributed by atoms with Crippen LogP contribution < -0.4 is 28.4 Å². The van der Waals surface area contributed by atoms with E-state index in [0.29, 0.717) is 58.7 Å². The molecule has 1 aliphatic heterocycles. The van der Waals surface area contributed by atoms with Crippen LogP contribution in [0.3, 0.4) is 0 Å². The third kappa shape index (κ3) is 3.91. The number of carbonyl (C=O) groups is 2. The van der Waals surface area contributed by atoms with Crippen LogP contribution in [0.1, 0.15) is 42.6 Å². The van der Waals surface area contributed by atoms with Crippen LogP contribution in [-0.2, 0) is 11.8 Å². The Morgan fingerprint density at radius 2 is 1.55 bits per heavy atom. The summed E-state index contributed by atoms with van der Waals surface area (Å²) in [6.07, 6.45) is 3.19. The Morgan fingerprint density at radius 1 is 0.886 bits per heavy atom. The van der Waals surface area contributed by atoms with Gasteiger partial charge in [0.25, 0.3) is 5.91 Å². The normalized spacial score (nSPS) is 19.6. The molecule has 0 bridgehead atoms. The van der Waals surface area contributed by atoms with Gasteiger partial charge in [-0.05, 0) is 53.8 Å². The lowest BCUT2D eigenvalue weighted by molar-refractivity contribution is 0.0806. The molecule has 3 aliphatic rings. The number of hydrogen-bond acceptors (Lipinski definition) is 9. The molecular formula is C33H32N2O8S. The predicted octanol–water partition coefficient (Wildman–Crippen LogP) is 5.37. The number of nitrogens with zero attached hydrogens (tertiary/aromatic N) is 1. The molecule has 2 aromatic carbocycles. The van der Waals surface area contributed by atoms with Gasteiger partial charge in [0.05, 0.1) is 53.1 Å². The van der Waals surface area contributed by atoms with Gasteiger partial charge in [0, 0.05) is 40.4 Å². The molecule has 1 spiro atoms. The van der Waals surface area contributed by atoms with Gasteiger partial charge in [0.1, 0.15) is 5.69 Å². The first kappa shape index (κ1) is 28.1. The van der Waals surface area contributed by atoms with Gasteiger partial charge in [-0.1, -0.05) is 0 Å². The van der Waals surface area contributed by atoms with Crippen LogP contribution in [0.25, 0.3) is 10.9 Å². The Kier molecular flexibility index (Phi) is 6.54. The molecule has 0 radical (unpaired) electrons. The van der Waals surface area contributed by atoms with Crippen molar-refractivity contribution in [3.63, 3.8) is 0 Å². The van der Waals surface area contributed by atoms with Crippen LogP contribution in [0.15, 0.2) is 42.1 Å². The van der Waals surface area contributed by atoms with E-state index < -0.39 is 0 Å². The lowest BCUT2D eigenvalue weighted by Crippen LogP contribution is -2.33. The predicted molar refractivity (Wildman–Crippen MR) is 164 cm³/mol. The summed E-state index contributed by atoms with van der Waals surface area (Å²) in [7, 11) is 9.40.